The number of nitrogens with zero attached hydrogens (tertiary/aromatic N) is 4. The van der Waals surface area contributed by atoms with E-state index in [2.05, 4.69) is 83.0 Å². The average molecular weight is 680 g/mol. The highest BCUT2D eigenvalue weighted by atomic mass is 32.2. The van der Waals surface area contributed by atoms with Gasteiger partial charge in [-0.05, 0) is 99.7 Å². The lowest BCUT2D eigenvalue weighted by molar-refractivity contribution is -0.0813. The zero-order valence-corrected chi connectivity index (χ0v) is 30.4. The van der Waals surface area contributed by atoms with Crippen molar-refractivity contribution in [3.63, 3.8) is 0 Å². The Morgan fingerprint density at radius 1 is 1.02 bits per heavy atom. The number of anilines is 1. The minimum Gasteiger partial charge on any atom is -0.362 e. The van der Waals surface area contributed by atoms with Gasteiger partial charge >= 0.3 is 0 Å². The van der Waals surface area contributed by atoms with E-state index in [1.807, 2.05) is 12.4 Å². The molecule has 1 aromatic carbocycles. The van der Waals surface area contributed by atoms with E-state index >= 15 is 0 Å². The summed E-state index contributed by atoms with van der Waals surface area (Å²) >= 11 is 0. The summed E-state index contributed by atoms with van der Waals surface area (Å²) < 4.78 is 37.9. The van der Waals surface area contributed by atoms with Crippen LogP contribution in [0.3, 0.4) is 0 Å². The van der Waals surface area contributed by atoms with E-state index in [1.54, 1.807) is 0 Å². The molecule has 2 aromatic rings. The van der Waals surface area contributed by atoms with Gasteiger partial charge in [-0.25, -0.2) is 13.4 Å². The van der Waals surface area contributed by atoms with Crippen molar-refractivity contribution >= 4 is 15.8 Å². The summed E-state index contributed by atoms with van der Waals surface area (Å²) in [6.07, 6.45) is 11.7. The topological polar surface area (TPSA) is 112 Å². The van der Waals surface area contributed by atoms with Gasteiger partial charge in [0.25, 0.3) is 0 Å². The Labute approximate surface area is 288 Å². The average Bonchev–Trinajstić information content (AvgIpc) is 3.45. The normalized spacial score (nSPS) is 34.4. The van der Waals surface area contributed by atoms with Crippen LogP contribution in [0.4, 0.5) is 5.82 Å². The molecule has 48 heavy (non-hydrogen) atoms. The van der Waals surface area contributed by atoms with Crippen molar-refractivity contribution in [3.05, 3.63) is 53.0 Å². The molecule has 7 atom stereocenters. The Kier molecular flexibility index (Phi) is 9.91. The fraction of sp³-hybridized carbons (Fsp3) is 0.730. The minimum absolute atomic E-state index is 0.0439. The first kappa shape index (κ1) is 34.3. The third kappa shape index (κ3) is 7.47. The number of rotatable bonds is 5. The van der Waals surface area contributed by atoms with Crippen LogP contribution in [0.25, 0.3) is 0 Å². The fourth-order valence-corrected chi connectivity index (χ4v) is 11.3. The SMILES string of the molecule is Cc1cccc(C)c1C1CC2NC(N1)NS(=O)(=O)C1CCCC(C1)CN(Cc1cncc(N3CCC[C@H]3C)n1)C(C1CC(C)(C)C1)CO2. The van der Waals surface area contributed by atoms with Crippen LogP contribution in [-0.4, -0.2) is 72.8 Å². The van der Waals surface area contributed by atoms with Crippen molar-refractivity contribution in [2.45, 2.75) is 135 Å². The van der Waals surface area contributed by atoms with Crippen LogP contribution >= 0.6 is 0 Å². The van der Waals surface area contributed by atoms with Crippen molar-refractivity contribution in [1.82, 2.24) is 30.2 Å². The van der Waals surface area contributed by atoms with Gasteiger partial charge in [-0.2, -0.15) is 4.72 Å². The first-order valence-electron chi connectivity index (χ1n) is 18.5. The summed E-state index contributed by atoms with van der Waals surface area (Å²) in [6.45, 7) is 14.4. The van der Waals surface area contributed by atoms with E-state index in [0.717, 1.165) is 50.3 Å². The second-order valence-corrected chi connectivity index (χ2v) is 18.4. The highest BCUT2D eigenvalue weighted by Crippen LogP contribution is 2.48. The Morgan fingerprint density at radius 2 is 1.81 bits per heavy atom. The molecule has 2 aliphatic carbocycles. The zero-order chi connectivity index (χ0) is 33.6. The van der Waals surface area contributed by atoms with Crippen LogP contribution in [0, 0.1) is 31.1 Å². The molecular weight excluding hydrogens is 623 g/mol. The standard InChI is InChI=1S/C37H57N7O3S/c1-24-9-6-10-25(2)35(24)31-16-34-41-36(40-31)42-48(45,46)30-13-7-12-27(15-30)21-43(32(23-47-34)28-17-37(4,5)18-28)22-29-19-38-20-33(39-29)44-14-8-11-26(44)3/h6,9-10,19-20,26-28,30-32,34,36,40-42H,7-8,11-18,21-23H2,1-5H3/t26-,27?,30?,31?,32?,34?,36?/m1/s1. The number of hydrogen-bond acceptors (Lipinski definition) is 9. The molecule has 1 aromatic heterocycles. The van der Waals surface area contributed by atoms with Crippen molar-refractivity contribution in [1.29, 1.82) is 0 Å². The zero-order valence-electron chi connectivity index (χ0n) is 29.6. The van der Waals surface area contributed by atoms with Gasteiger partial charge in [-0.15, -0.1) is 0 Å². The lowest BCUT2D eigenvalue weighted by Gasteiger charge is -2.50. The van der Waals surface area contributed by atoms with Crippen LogP contribution in [0.1, 0.15) is 107 Å². The van der Waals surface area contributed by atoms with Crippen LogP contribution in [-0.2, 0) is 21.3 Å². The second kappa shape index (κ2) is 13.9. The first-order valence-corrected chi connectivity index (χ1v) is 20.0. The Hall–Kier alpha value is -2.15. The van der Waals surface area contributed by atoms with E-state index in [9.17, 15) is 8.42 Å². The minimum atomic E-state index is -3.58. The van der Waals surface area contributed by atoms with Gasteiger partial charge in [-0.3, -0.25) is 20.5 Å². The van der Waals surface area contributed by atoms with E-state index in [4.69, 9.17) is 9.72 Å². The molecule has 5 aliphatic rings. The van der Waals surface area contributed by atoms with Crippen molar-refractivity contribution in [3.8, 4) is 0 Å². The third-order valence-electron chi connectivity index (χ3n) is 12.0. The maximum Gasteiger partial charge on any atom is 0.216 e. The number of benzene rings is 1. The summed E-state index contributed by atoms with van der Waals surface area (Å²) in [7, 11) is -3.58. The lowest BCUT2D eigenvalue weighted by atomic mass is 9.61. The third-order valence-corrected chi connectivity index (χ3v) is 13.9. The highest BCUT2D eigenvalue weighted by Gasteiger charge is 2.45. The monoisotopic (exact) mass is 679 g/mol. The van der Waals surface area contributed by atoms with Gasteiger partial charge in [0.05, 0.1) is 23.7 Å². The van der Waals surface area contributed by atoms with Crippen molar-refractivity contribution in [2.75, 3.05) is 24.6 Å². The van der Waals surface area contributed by atoms with Crippen LogP contribution in [0.5, 0.6) is 0 Å². The van der Waals surface area contributed by atoms with Gasteiger partial charge in [0.2, 0.25) is 10.0 Å². The van der Waals surface area contributed by atoms with E-state index < -0.39 is 21.6 Å². The quantitative estimate of drug-likeness (QED) is 0.396. The molecule has 4 heterocycles. The molecule has 3 N–H and O–H groups in total. The van der Waals surface area contributed by atoms with Gasteiger partial charge < -0.3 is 9.64 Å². The molecule has 3 aliphatic heterocycles. The Bertz CT molecular complexity index is 1520. The number of aromatic nitrogens is 2. The predicted molar refractivity (Wildman–Crippen MR) is 190 cm³/mol. The molecule has 0 amide bonds. The Balaban J connectivity index is 1.22. The maximum atomic E-state index is 14.0. The molecule has 11 heteroatoms. The summed E-state index contributed by atoms with van der Waals surface area (Å²) in [5.41, 5.74) is 4.94. The van der Waals surface area contributed by atoms with E-state index in [0.29, 0.717) is 49.8 Å². The number of nitrogens with one attached hydrogen (secondary N) is 3. The number of fused-ring (bicyclic) bond motifs is 4. The molecule has 6 unspecified atom stereocenters. The van der Waals surface area contributed by atoms with Gasteiger partial charge in [0.1, 0.15) is 18.3 Å². The van der Waals surface area contributed by atoms with Crippen molar-refractivity contribution in [2.24, 2.45) is 17.3 Å². The predicted octanol–water partition coefficient (Wildman–Crippen LogP) is 5.13. The summed E-state index contributed by atoms with van der Waals surface area (Å²) in [4.78, 5) is 14.9. The second-order valence-electron chi connectivity index (χ2n) is 16.4. The van der Waals surface area contributed by atoms with Gasteiger partial charge in [-0.1, -0.05) is 38.5 Å². The van der Waals surface area contributed by atoms with Gasteiger partial charge in [0, 0.05) is 50.4 Å². The summed E-state index contributed by atoms with van der Waals surface area (Å²) in [5, 5.41) is 6.70. The number of hydrogen-bond donors (Lipinski definition) is 3. The van der Waals surface area contributed by atoms with Gasteiger partial charge in [0.15, 0.2) is 0 Å². The molecular formula is C37H57N7O3S. The molecule has 264 valence electrons. The lowest BCUT2D eigenvalue weighted by Crippen LogP contribution is -2.64. The molecule has 3 saturated heterocycles. The number of aryl methyl sites for hydroxylation is 2. The molecule has 10 nitrogen and oxygen atoms in total. The van der Waals surface area contributed by atoms with E-state index in [1.165, 1.54) is 29.5 Å². The Morgan fingerprint density at radius 3 is 2.54 bits per heavy atom. The molecule has 5 fully saturated rings. The number of sulfonamides is 1. The van der Waals surface area contributed by atoms with Crippen LogP contribution in [0.15, 0.2) is 30.6 Å². The summed E-state index contributed by atoms with van der Waals surface area (Å²) in [5.74, 6) is 1.76. The highest BCUT2D eigenvalue weighted by molar-refractivity contribution is 7.90. The molecule has 2 saturated carbocycles. The fourth-order valence-electron chi connectivity index (χ4n) is 9.62. The largest absolute Gasteiger partial charge is 0.362 e. The van der Waals surface area contributed by atoms with E-state index in [-0.39, 0.29) is 24.2 Å². The van der Waals surface area contributed by atoms with Crippen LogP contribution < -0.4 is 20.3 Å². The smallest absolute Gasteiger partial charge is 0.216 e. The molecule has 4 bridgehead atoms. The summed E-state index contributed by atoms with van der Waals surface area (Å²) in [6, 6.07) is 7.00. The molecule has 0 spiro atoms. The molecule has 0 radical (unpaired) electrons. The van der Waals surface area contributed by atoms with Crippen molar-refractivity contribution < 1.29 is 13.2 Å². The van der Waals surface area contributed by atoms with Crippen LogP contribution in [0.2, 0.25) is 0 Å². The maximum absolute atomic E-state index is 14.0. The first-order chi connectivity index (χ1) is 22.9. The number of ether oxygens (including phenoxy) is 1. The molecule has 7 rings (SSSR count).